The Kier molecular flexibility index (Phi) is 3.31. The average molecular weight is 323 g/mol. The number of carbonyl (C=O) groups is 1. The Morgan fingerprint density at radius 3 is 2.96 bits per heavy atom. The number of hydrogen-bond donors (Lipinski definition) is 1. The summed E-state index contributed by atoms with van der Waals surface area (Å²) in [6.07, 6.45) is 0. The number of hydrogen-bond acceptors (Lipinski definition) is 5. The summed E-state index contributed by atoms with van der Waals surface area (Å²) in [6.45, 7) is 2.11. The second kappa shape index (κ2) is 5.48. The summed E-state index contributed by atoms with van der Waals surface area (Å²) in [5.74, 6) is 0.526. The number of rotatable bonds is 2. The third-order valence-electron chi connectivity index (χ3n) is 3.65. The van der Waals surface area contributed by atoms with Gasteiger partial charge in [-0.05, 0) is 42.2 Å². The molecule has 2 heterocycles. The Hall–Kier alpha value is -2.73. The number of carbonyl (C=O) groups excluding carboxylic acids is 1. The van der Waals surface area contributed by atoms with Gasteiger partial charge >= 0.3 is 0 Å². The molecule has 3 aromatic rings. The first-order chi connectivity index (χ1) is 11.2. The molecule has 114 valence electrons. The summed E-state index contributed by atoms with van der Waals surface area (Å²) < 4.78 is 9.50. The van der Waals surface area contributed by atoms with Crippen molar-refractivity contribution in [3.63, 3.8) is 0 Å². The summed E-state index contributed by atoms with van der Waals surface area (Å²) in [5.41, 5.74) is 4.66. The Labute approximate surface area is 137 Å². The van der Waals surface area contributed by atoms with E-state index in [-0.39, 0.29) is 12.5 Å². The highest BCUT2D eigenvalue weighted by molar-refractivity contribution is 7.09. The molecule has 5 nitrogen and oxygen atoms in total. The van der Waals surface area contributed by atoms with Crippen LogP contribution < -0.4 is 10.1 Å². The number of anilines is 1. The van der Waals surface area contributed by atoms with Gasteiger partial charge in [-0.3, -0.25) is 4.79 Å². The van der Waals surface area contributed by atoms with Crippen LogP contribution in [-0.4, -0.2) is 22.1 Å². The van der Waals surface area contributed by atoms with Gasteiger partial charge in [-0.25, -0.2) is 0 Å². The second-order valence-corrected chi connectivity index (χ2v) is 6.12. The van der Waals surface area contributed by atoms with Gasteiger partial charge in [-0.1, -0.05) is 34.3 Å². The largest absolute Gasteiger partial charge is 0.482 e. The van der Waals surface area contributed by atoms with Crippen molar-refractivity contribution in [1.29, 1.82) is 0 Å². The van der Waals surface area contributed by atoms with Crippen molar-refractivity contribution in [2.45, 2.75) is 6.92 Å². The quantitative estimate of drug-likeness (QED) is 0.784. The van der Waals surface area contributed by atoms with Crippen LogP contribution in [0.25, 0.3) is 21.7 Å². The monoisotopic (exact) mass is 323 g/mol. The number of aromatic nitrogens is 2. The third-order valence-corrected chi connectivity index (χ3v) is 4.43. The normalized spacial score (nSPS) is 13.2. The van der Waals surface area contributed by atoms with Gasteiger partial charge in [0.05, 0.1) is 10.6 Å². The zero-order valence-electron chi connectivity index (χ0n) is 12.4. The fraction of sp³-hybridized carbons (Fsp3) is 0.118. The lowest BCUT2D eigenvalue weighted by atomic mass is 10.0. The number of aryl methyl sites for hydroxylation is 1. The molecule has 1 amide bonds. The number of amides is 1. The summed E-state index contributed by atoms with van der Waals surface area (Å²) in [4.78, 5) is 12.5. The molecule has 1 aromatic heterocycles. The highest BCUT2D eigenvalue weighted by Crippen LogP contribution is 2.37. The number of nitrogens with one attached hydrogen (secondary N) is 1. The molecule has 0 aliphatic carbocycles. The van der Waals surface area contributed by atoms with E-state index >= 15 is 0 Å². The van der Waals surface area contributed by atoms with E-state index in [9.17, 15) is 4.79 Å². The van der Waals surface area contributed by atoms with Crippen LogP contribution >= 0.6 is 11.5 Å². The van der Waals surface area contributed by atoms with E-state index in [1.54, 1.807) is 0 Å². The van der Waals surface area contributed by atoms with E-state index < -0.39 is 0 Å². The topological polar surface area (TPSA) is 64.1 Å². The molecule has 0 spiro atoms. The zero-order valence-corrected chi connectivity index (χ0v) is 13.2. The molecule has 6 heteroatoms. The lowest BCUT2D eigenvalue weighted by molar-refractivity contribution is -0.118. The predicted molar refractivity (Wildman–Crippen MR) is 89.6 cm³/mol. The molecule has 0 unspecified atom stereocenters. The van der Waals surface area contributed by atoms with Crippen molar-refractivity contribution in [3.8, 4) is 27.4 Å². The molecule has 4 rings (SSSR count). The van der Waals surface area contributed by atoms with E-state index in [1.165, 1.54) is 17.1 Å². The summed E-state index contributed by atoms with van der Waals surface area (Å²) in [5, 5.41) is 7.10. The van der Waals surface area contributed by atoms with Crippen molar-refractivity contribution in [1.82, 2.24) is 9.59 Å². The highest BCUT2D eigenvalue weighted by Gasteiger charge is 2.19. The first kappa shape index (κ1) is 13.9. The second-order valence-electron chi connectivity index (χ2n) is 5.37. The maximum absolute atomic E-state index is 11.5. The molecular formula is C17H13N3O2S. The highest BCUT2D eigenvalue weighted by atomic mass is 32.1. The van der Waals surface area contributed by atoms with Crippen LogP contribution in [-0.2, 0) is 4.79 Å². The van der Waals surface area contributed by atoms with Crippen molar-refractivity contribution < 1.29 is 9.53 Å². The first-order valence-electron chi connectivity index (χ1n) is 7.17. The molecule has 23 heavy (non-hydrogen) atoms. The lowest BCUT2D eigenvalue weighted by Crippen LogP contribution is -2.25. The maximum atomic E-state index is 11.5. The number of benzene rings is 2. The summed E-state index contributed by atoms with van der Waals surface area (Å²) in [6, 6.07) is 13.9. The van der Waals surface area contributed by atoms with Crippen LogP contribution in [0.3, 0.4) is 0 Å². The molecular weight excluding hydrogens is 310 g/mol. The zero-order chi connectivity index (χ0) is 15.8. The van der Waals surface area contributed by atoms with Gasteiger partial charge in [0.25, 0.3) is 5.91 Å². The van der Waals surface area contributed by atoms with Gasteiger partial charge in [0.1, 0.15) is 11.4 Å². The van der Waals surface area contributed by atoms with E-state index in [0.717, 1.165) is 21.7 Å². The predicted octanol–water partition coefficient (Wildman–Crippen LogP) is 3.51. The molecule has 0 saturated carbocycles. The van der Waals surface area contributed by atoms with E-state index in [4.69, 9.17) is 4.74 Å². The van der Waals surface area contributed by atoms with E-state index in [2.05, 4.69) is 40.0 Å². The minimum absolute atomic E-state index is 0.0547. The van der Waals surface area contributed by atoms with Crippen LogP contribution in [0.4, 0.5) is 5.69 Å². The van der Waals surface area contributed by atoms with Crippen LogP contribution in [0.1, 0.15) is 5.56 Å². The first-order valence-corrected chi connectivity index (χ1v) is 7.94. The Bertz CT molecular complexity index is 904. The fourth-order valence-electron chi connectivity index (χ4n) is 2.59. The van der Waals surface area contributed by atoms with Crippen molar-refractivity contribution >= 4 is 23.1 Å². The summed E-state index contributed by atoms with van der Waals surface area (Å²) in [7, 11) is 0. The average Bonchev–Trinajstić information content (AvgIpc) is 3.03. The van der Waals surface area contributed by atoms with Crippen molar-refractivity contribution in [2.24, 2.45) is 0 Å². The van der Waals surface area contributed by atoms with Gasteiger partial charge in [-0.2, -0.15) is 0 Å². The van der Waals surface area contributed by atoms with E-state index in [1.807, 2.05) is 24.3 Å². The Balaban J connectivity index is 1.79. The number of ether oxygens (including phenoxy) is 1. The van der Waals surface area contributed by atoms with E-state index in [0.29, 0.717) is 11.4 Å². The molecule has 1 aliphatic heterocycles. The van der Waals surface area contributed by atoms with Crippen LogP contribution in [0.5, 0.6) is 5.75 Å². The Morgan fingerprint density at radius 2 is 2.09 bits per heavy atom. The SMILES string of the molecule is Cc1cccc(-c2snnc2-c2ccc3c(c2)NC(=O)CO3)c1. The number of nitrogens with zero attached hydrogens (tertiary/aromatic N) is 2. The molecule has 1 aliphatic rings. The summed E-state index contributed by atoms with van der Waals surface area (Å²) >= 11 is 1.36. The minimum atomic E-state index is -0.148. The molecule has 0 fully saturated rings. The van der Waals surface area contributed by atoms with Gasteiger partial charge in [0.2, 0.25) is 0 Å². The van der Waals surface area contributed by atoms with Gasteiger partial charge in [0.15, 0.2) is 6.61 Å². The molecule has 0 atom stereocenters. The van der Waals surface area contributed by atoms with Crippen LogP contribution in [0, 0.1) is 6.92 Å². The lowest BCUT2D eigenvalue weighted by Gasteiger charge is -2.18. The van der Waals surface area contributed by atoms with Gasteiger partial charge < -0.3 is 10.1 Å². The van der Waals surface area contributed by atoms with Gasteiger partial charge in [0, 0.05) is 5.56 Å². The fourth-order valence-corrected chi connectivity index (χ4v) is 3.27. The maximum Gasteiger partial charge on any atom is 0.262 e. The smallest absolute Gasteiger partial charge is 0.262 e. The molecule has 0 bridgehead atoms. The third kappa shape index (κ3) is 2.57. The molecule has 0 saturated heterocycles. The van der Waals surface area contributed by atoms with Crippen molar-refractivity contribution in [3.05, 3.63) is 48.0 Å². The number of fused-ring (bicyclic) bond motifs is 1. The van der Waals surface area contributed by atoms with Crippen LogP contribution in [0.15, 0.2) is 42.5 Å². The minimum Gasteiger partial charge on any atom is -0.482 e. The molecule has 1 N–H and O–H groups in total. The molecule has 0 radical (unpaired) electrons. The standard InChI is InChI=1S/C17H13N3O2S/c1-10-3-2-4-12(7-10)17-16(19-20-23-17)11-5-6-14-13(8-11)18-15(21)9-22-14/h2-8H,9H2,1H3,(H,18,21). The van der Waals surface area contributed by atoms with Crippen LogP contribution in [0.2, 0.25) is 0 Å². The molecule has 2 aromatic carbocycles. The Morgan fingerprint density at radius 1 is 1.17 bits per heavy atom. The van der Waals surface area contributed by atoms with Crippen molar-refractivity contribution in [2.75, 3.05) is 11.9 Å². The van der Waals surface area contributed by atoms with Gasteiger partial charge in [-0.15, -0.1) is 5.10 Å².